The number of amides is 1. The van der Waals surface area contributed by atoms with Gasteiger partial charge in [-0.1, -0.05) is 29.8 Å². The number of nitrogens with one attached hydrogen (secondary N) is 1. The van der Waals surface area contributed by atoms with Crippen LogP contribution in [-0.4, -0.2) is 30.4 Å². The van der Waals surface area contributed by atoms with Crippen molar-refractivity contribution in [1.82, 2.24) is 19.6 Å². The van der Waals surface area contributed by atoms with Crippen LogP contribution in [-0.2, 0) is 11.3 Å². The van der Waals surface area contributed by atoms with Crippen LogP contribution in [0.25, 0.3) is 0 Å². The summed E-state index contributed by atoms with van der Waals surface area (Å²) in [6.45, 7) is 2.07. The van der Waals surface area contributed by atoms with E-state index in [9.17, 15) is 14.9 Å². The summed E-state index contributed by atoms with van der Waals surface area (Å²) < 4.78 is 2.89. The molecule has 1 amide bonds. The summed E-state index contributed by atoms with van der Waals surface area (Å²) in [5.74, 6) is -0.361. The van der Waals surface area contributed by atoms with Gasteiger partial charge in [0, 0.05) is 11.2 Å². The van der Waals surface area contributed by atoms with Gasteiger partial charge in [0.1, 0.15) is 18.4 Å². The second kappa shape index (κ2) is 7.36. The third-order valence-corrected chi connectivity index (χ3v) is 4.13. The van der Waals surface area contributed by atoms with Crippen LogP contribution in [0.1, 0.15) is 18.5 Å². The molecule has 0 saturated carbocycles. The van der Waals surface area contributed by atoms with E-state index < -0.39 is 11.0 Å². The lowest BCUT2D eigenvalue weighted by atomic mass is 10.2. The quantitative estimate of drug-likeness (QED) is 0.527. The first-order valence-electron chi connectivity index (χ1n) is 7.69. The second-order valence-electron chi connectivity index (χ2n) is 5.62. The number of hydrogen-bond donors (Lipinski definition) is 1. The van der Waals surface area contributed by atoms with Crippen LogP contribution in [0.5, 0.6) is 0 Å². The van der Waals surface area contributed by atoms with Gasteiger partial charge in [-0.3, -0.25) is 24.3 Å². The third-order valence-electron chi connectivity index (χ3n) is 3.77. The summed E-state index contributed by atoms with van der Waals surface area (Å²) in [5.41, 5.74) is 1.25. The molecule has 0 saturated heterocycles. The lowest BCUT2D eigenvalue weighted by Crippen LogP contribution is -2.23. The number of benzene rings is 1. The SMILES string of the molecule is CC(C(=O)Nc1cnn(Cc2ccccc2Cl)c1)n1cc([N+](=O)[O-])cn1. The first kappa shape index (κ1) is 17.6. The van der Waals surface area contributed by atoms with E-state index in [1.54, 1.807) is 23.9 Å². The van der Waals surface area contributed by atoms with Crippen molar-refractivity contribution in [2.45, 2.75) is 19.5 Å². The van der Waals surface area contributed by atoms with Gasteiger partial charge in [0.2, 0.25) is 5.91 Å². The Morgan fingerprint density at radius 3 is 2.77 bits per heavy atom. The van der Waals surface area contributed by atoms with E-state index in [1.807, 2.05) is 18.2 Å². The molecule has 2 aromatic heterocycles. The molecule has 0 fully saturated rings. The minimum atomic E-state index is -0.712. The Hall–Kier alpha value is -3.20. The van der Waals surface area contributed by atoms with Crippen LogP contribution >= 0.6 is 11.6 Å². The molecule has 0 aliphatic heterocycles. The number of rotatable bonds is 6. The number of hydrogen-bond acceptors (Lipinski definition) is 5. The average Bonchev–Trinajstić information content (AvgIpc) is 3.26. The number of anilines is 1. The first-order chi connectivity index (χ1) is 12.4. The number of aromatic nitrogens is 4. The van der Waals surface area contributed by atoms with Gasteiger partial charge in [-0.15, -0.1) is 0 Å². The number of carbonyl (C=O) groups excluding carboxylic acids is 1. The van der Waals surface area contributed by atoms with Crippen molar-refractivity contribution < 1.29 is 9.72 Å². The summed E-state index contributed by atoms with van der Waals surface area (Å²) in [4.78, 5) is 22.5. The topological polar surface area (TPSA) is 108 Å². The summed E-state index contributed by atoms with van der Waals surface area (Å²) in [5, 5.41) is 22.1. The Kier molecular flexibility index (Phi) is 4.99. The fraction of sp³-hybridized carbons (Fsp3) is 0.188. The van der Waals surface area contributed by atoms with E-state index >= 15 is 0 Å². The van der Waals surface area contributed by atoms with Gasteiger partial charge in [-0.2, -0.15) is 10.2 Å². The zero-order chi connectivity index (χ0) is 18.7. The normalized spacial score (nSPS) is 11.9. The van der Waals surface area contributed by atoms with E-state index in [4.69, 9.17) is 11.6 Å². The monoisotopic (exact) mass is 374 g/mol. The highest BCUT2D eigenvalue weighted by molar-refractivity contribution is 6.31. The molecule has 134 valence electrons. The van der Waals surface area contributed by atoms with Crippen LogP contribution in [0.4, 0.5) is 11.4 Å². The molecule has 0 aliphatic carbocycles. The lowest BCUT2D eigenvalue weighted by Gasteiger charge is -2.10. The first-order valence-corrected chi connectivity index (χ1v) is 8.07. The van der Waals surface area contributed by atoms with Gasteiger partial charge >= 0.3 is 5.69 Å². The molecule has 1 N–H and O–H groups in total. The number of nitrogens with zero attached hydrogens (tertiary/aromatic N) is 5. The molecule has 1 unspecified atom stereocenters. The van der Waals surface area contributed by atoms with E-state index in [-0.39, 0.29) is 11.6 Å². The highest BCUT2D eigenvalue weighted by Crippen LogP contribution is 2.18. The Bertz CT molecular complexity index is 951. The molecule has 9 nitrogen and oxygen atoms in total. The van der Waals surface area contributed by atoms with Gasteiger partial charge < -0.3 is 5.32 Å². The molecule has 1 atom stereocenters. The van der Waals surface area contributed by atoms with Gasteiger partial charge in [0.15, 0.2) is 0 Å². The van der Waals surface area contributed by atoms with Gasteiger partial charge in [-0.05, 0) is 18.6 Å². The Labute approximate surface area is 153 Å². The molecule has 10 heteroatoms. The molecule has 2 heterocycles. The zero-order valence-electron chi connectivity index (χ0n) is 13.7. The largest absolute Gasteiger partial charge is 0.322 e. The van der Waals surface area contributed by atoms with Crippen molar-refractivity contribution >= 4 is 28.9 Å². The minimum Gasteiger partial charge on any atom is -0.322 e. The van der Waals surface area contributed by atoms with Crippen molar-refractivity contribution in [1.29, 1.82) is 0 Å². The second-order valence-corrected chi connectivity index (χ2v) is 6.03. The van der Waals surface area contributed by atoms with Crippen molar-refractivity contribution in [2.75, 3.05) is 5.32 Å². The van der Waals surface area contributed by atoms with Crippen molar-refractivity contribution in [2.24, 2.45) is 0 Å². The smallest absolute Gasteiger partial charge is 0.307 e. The maximum atomic E-state index is 12.3. The third kappa shape index (κ3) is 3.89. The standard InChI is InChI=1S/C16H15ClN6O3/c1-11(22-10-14(7-19-22)23(25)26)16(24)20-13-6-18-21(9-13)8-12-4-2-3-5-15(12)17/h2-7,9-11H,8H2,1H3,(H,20,24). The molecular weight excluding hydrogens is 360 g/mol. The maximum Gasteiger partial charge on any atom is 0.307 e. The molecule has 0 radical (unpaired) electrons. The molecule has 3 rings (SSSR count). The highest BCUT2D eigenvalue weighted by Gasteiger charge is 2.19. The van der Waals surface area contributed by atoms with E-state index in [1.165, 1.54) is 17.1 Å². The molecule has 1 aromatic carbocycles. The van der Waals surface area contributed by atoms with Crippen LogP contribution < -0.4 is 5.32 Å². The van der Waals surface area contributed by atoms with Crippen LogP contribution in [0, 0.1) is 10.1 Å². The molecule has 26 heavy (non-hydrogen) atoms. The summed E-state index contributed by atoms with van der Waals surface area (Å²) in [6, 6.07) is 6.72. The van der Waals surface area contributed by atoms with Gasteiger partial charge in [-0.25, -0.2) is 0 Å². The summed E-state index contributed by atoms with van der Waals surface area (Å²) in [7, 11) is 0. The maximum absolute atomic E-state index is 12.3. The van der Waals surface area contributed by atoms with E-state index in [2.05, 4.69) is 15.5 Å². The number of nitro groups is 1. The number of halogens is 1. The molecule has 0 bridgehead atoms. The van der Waals surface area contributed by atoms with Crippen molar-refractivity contribution in [3.8, 4) is 0 Å². The average molecular weight is 375 g/mol. The minimum absolute atomic E-state index is 0.169. The van der Waals surface area contributed by atoms with E-state index in [0.717, 1.165) is 11.8 Å². The van der Waals surface area contributed by atoms with Crippen molar-refractivity contribution in [3.63, 3.8) is 0 Å². The van der Waals surface area contributed by atoms with Crippen molar-refractivity contribution in [3.05, 3.63) is 69.8 Å². The summed E-state index contributed by atoms with van der Waals surface area (Å²) in [6.07, 6.45) is 5.52. The molecule has 0 spiro atoms. The van der Waals surface area contributed by atoms with E-state index in [0.29, 0.717) is 17.3 Å². The van der Waals surface area contributed by atoms with Gasteiger partial charge in [0.25, 0.3) is 0 Å². The van der Waals surface area contributed by atoms with Crippen LogP contribution in [0.3, 0.4) is 0 Å². The fourth-order valence-electron chi connectivity index (χ4n) is 2.32. The Balaban J connectivity index is 1.65. The van der Waals surface area contributed by atoms with Gasteiger partial charge in [0.05, 0.1) is 23.4 Å². The van der Waals surface area contributed by atoms with Crippen LogP contribution in [0.2, 0.25) is 5.02 Å². The zero-order valence-corrected chi connectivity index (χ0v) is 14.5. The molecule has 0 aliphatic rings. The highest BCUT2D eigenvalue weighted by atomic mass is 35.5. The fourth-order valence-corrected chi connectivity index (χ4v) is 2.51. The van der Waals surface area contributed by atoms with Crippen LogP contribution in [0.15, 0.2) is 49.1 Å². The predicted octanol–water partition coefficient (Wildman–Crippen LogP) is 2.89. The molecule has 3 aromatic rings. The predicted molar refractivity (Wildman–Crippen MR) is 95.0 cm³/mol. The Morgan fingerprint density at radius 1 is 1.31 bits per heavy atom. The summed E-state index contributed by atoms with van der Waals surface area (Å²) >= 11 is 6.13. The Morgan fingerprint density at radius 2 is 2.08 bits per heavy atom. The molecular formula is C16H15ClN6O3. The number of carbonyl (C=O) groups is 1. The lowest BCUT2D eigenvalue weighted by molar-refractivity contribution is -0.385.